The number of rotatable bonds is 4. The van der Waals surface area contributed by atoms with Gasteiger partial charge in [0, 0.05) is 11.6 Å². The molecule has 0 amide bonds. The molecule has 0 fully saturated rings. The molecule has 2 heteroatoms. The third-order valence-corrected chi connectivity index (χ3v) is 3.60. The van der Waals surface area contributed by atoms with Gasteiger partial charge >= 0.3 is 0 Å². The van der Waals surface area contributed by atoms with Crippen molar-refractivity contribution in [2.75, 3.05) is 7.05 Å². The first kappa shape index (κ1) is 12.9. The highest BCUT2D eigenvalue weighted by Gasteiger charge is 2.19. The minimum Gasteiger partial charge on any atom is -0.466 e. The van der Waals surface area contributed by atoms with Crippen molar-refractivity contribution in [1.29, 1.82) is 0 Å². The molecule has 0 aliphatic heterocycles. The Bertz CT molecular complexity index is 513. The lowest BCUT2D eigenvalue weighted by Crippen LogP contribution is -2.20. The van der Waals surface area contributed by atoms with Gasteiger partial charge in [-0.25, -0.2) is 0 Å². The second-order valence-electron chi connectivity index (χ2n) is 4.78. The summed E-state index contributed by atoms with van der Waals surface area (Å²) in [5.41, 5.74) is 3.91. The molecule has 1 heterocycles. The van der Waals surface area contributed by atoms with E-state index >= 15 is 0 Å². The van der Waals surface area contributed by atoms with E-state index in [0.717, 1.165) is 17.9 Å². The molecule has 2 nitrogen and oxygen atoms in total. The average molecular weight is 243 g/mol. The van der Waals surface area contributed by atoms with E-state index in [1.807, 2.05) is 20.9 Å². The highest BCUT2D eigenvalue weighted by atomic mass is 16.3. The van der Waals surface area contributed by atoms with Gasteiger partial charge in [-0.15, -0.1) is 0 Å². The van der Waals surface area contributed by atoms with Crippen molar-refractivity contribution in [2.24, 2.45) is 0 Å². The molecule has 2 rings (SSSR count). The van der Waals surface area contributed by atoms with Gasteiger partial charge in [0.25, 0.3) is 0 Å². The molecule has 0 saturated carbocycles. The number of furan rings is 1. The minimum atomic E-state index is 0.310. The molecule has 0 aliphatic rings. The summed E-state index contributed by atoms with van der Waals surface area (Å²) in [7, 11) is 2.01. The van der Waals surface area contributed by atoms with Crippen molar-refractivity contribution in [3.8, 4) is 0 Å². The Balaban J connectivity index is 2.29. The van der Waals surface area contributed by atoms with Gasteiger partial charge in [0.1, 0.15) is 11.5 Å². The monoisotopic (exact) mass is 243 g/mol. The van der Waals surface area contributed by atoms with Crippen LogP contribution in [0, 0.1) is 20.8 Å². The number of aryl methyl sites for hydroxylation is 2. The summed E-state index contributed by atoms with van der Waals surface area (Å²) in [6.07, 6.45) is 0.984. The second-order valence-corrected chi connectivity index (χ2v) is 4.78. The number of likely N-dealkylation sites (N-methyl/N-ethyl adjacent to an activating group) is 1. The molecule has 0 aliphatic carbocycles. The van der Waals surface area contributed by atoms with Crippen molar-refractivity contribution >= 4 is 0 Å². The second kappa shape index (κ2) is 5.40. The molecule has 96 valence electrons. The minimum absolute atomic E-state index is 0.310. The first-order valence-electron chi connectivity index (χ1n) is 6.41. The van der Waals surface area contributed by atoms with Crippen LogP contribution in [0.5, 0.6) is 0 Å². The summed E-state index contributed by atoms with van der Waals surface area (Å²) in [6, 6.07) is 10.9. The largest absolute Gasteiger partial charge is 0.466 e. The summed E-state index contributed by atoms with van der Waals surface area (Å²) in [4.78, 5) is 0. The topological polar surface area (TPSA) is 25.2 Å². The third kappa shape index (κ3) is 2.49. The summed E-state index contributed by atoms with van der Waals surface area (Å²) in [5.74, 6) is 2.05. The fourth-order valence-electron chi connectivity index (χ4n) is 2.52. The molecule has 18 heavy (non-hydrogen) atoms. The number of hydrogen-bond acceptors (Lipinski definition) is 2. The van der Waals surface area contributed by atoms with E-state index in [4.69, 9.17) is 4.42 Å². The molecular formula is C16H21NO. The Morgan fingerprint density at radius 3 is 2.22 bits per heavy atom. The fourth-order valence-corrected chi connectivity index (χ4v) is 2.52. The van der Waals surface area contributed by atoms with Crippen LogP contribution in [0.15, 0.2) is 34.7 Å². The molecule has 0 saturated heterocycles. The zero-order valence-electron chi connectivity index (χ0n) is 11.6. The van der Waals surface area contributed by atoms with Crippen LogP contribution in [0.4, 0.5) is 0 Å². The lowest BCUT2D eigenvalue weighted by molar-refractivity contribution is 0.489. The SMILES string of the molecule is CNC(Cc1ccccc1)c1c(C)oc(C)c1C. The van der Waals surface area contributed by atoms with Crippen LogP contribution in [-0.4, -0.2) is 7.05 Å². The Kier molecular flexibility index (Phi) is 3.87. The van der Waals surface area contributed by atoms with Gasteiger partial charge in [-0.3, -0.25) is 0 Å². The van der Waals surface area contributed by atoms with Crippen LogP contribution in [-0.2, 0) is 6.42 Å². The average Bonchev–Trinajstić information content (AvgIpc) is 2.62. The first-order chi connectivity index (χ1) is 8.63. The van der Waals surface area contributed by atoms with Crippen LogP contribution in [0.25, 0.3) is 0 Å². The Labute approximate surface area is 109 Å². The lowest BCUT2D eigenvalue weighted by Gasteiger charge is -2.17. The maximum absolute atomic E-state index is 5.73. The number of benzene rings is 1. The van der Waals surface area contributed by atoms with Crippen molar-refractivity contribution in [3.63, 3.8) is 0 Å². The Morgan fingerprint density at radius 2 is 1.72 bits per heavy atom. The highest BCUT2D eigenvalue weighted by molar-refractivity contribution is 5.35. The van der Waals surface area contributed by atoms with Crippen LogP contribution < -0.4 is 5.32 Å². The van der Waals surface area contributed by atoms with Crippen LogP contribution in [0.1, 0.15) is 34.3 Å². The van der Waals surface area contributed by atoms with Gasteiger partial charge in [0.15, 0.2) is 0 Å². The predicted octanol–water partition coefficient (Wildman–Crippen LogP) is 3.71. The Hall–Kier alpha value is -1.54. The third-order valence-electron chi connectivity index (χ3n) is 3.60. The van der Waals surface area contributed by atoms with Crippen LogP contribution in [0.3, 0.4) is 0 Å². The summed E-state index contributed by atoms with van der Waals surface area (Å²) >= 11 is 0. The molecule has 1 unspecified atom stereocenters. The molecule has 0 radical (unpaired) electrons. The highest BCUT2D eigenvalue weighted by Crippen LogP contribution is 2.29. The standard InChI is InChI=1S/C16H21NO/c1-11-12(2)18-13(3)16(11)15(17-4)10-14-8-6-5-7-9-14/h5-9,15,17H,10H2,1-4H3. The quantitative estimate of drug-likeness (QED) is 0.885. The van der Waals surface area contributed by atoms with E-state index in [0.29, 0.717) is 6.04 Å². The molecule has 0 spiro atoms. The van der Waals surface area contributed by atoms with Gasteiger partial charge in [-0.2, -0.15) is 0 Å². The van der Waals surface area contributed by atoms with Crippen molar-refractivity contribution in [1.82, 2.24) is 5.32 Å². The molecule has 2 aromatic rings. The van der Waals surface area contributed by atoms with Crippen LogP contribution >= 0.6 is 0 Å². The maximum Gasteiger partial charge on any atom is 0.106 e. The molecular weight excluding hydrogens is 222 g/mol. The molecule has 1 aromatic carbocycles. The van der Waals surface area contributed by atoms with Crippen molar-refractivity contribution in [2.45, 2.75) is 33.2 Å². The van der Waals surface area contributed by atoms with Gasteiger partial charge in [0.05, 0.1) is 0 Å². The van der Waals surface area contributed by atoms with Gasteiger partial charge in [-0.05, 0) is 45.4 Å². The summed E-state index contributed by atoms with van der Waals surface area (Å²) < 4.78 is 5.73. The van der Waals surface area contributed by atoms with E-state index in [1.165, 1.54) is 16.7 Å². The molecule has 1 N–H and O–H groups in total. The lowest BCUT2D eigenvalue weighted by atomic mass is 9.96. The van der Waals surface area contributed by atoms with Gasteiger partial charge in [0.2, 0.25) is 0 Å². The van der Waals surface area contributed by atoms with E-state index in [-0.39, 0.29) is 0 Å². The fraction of sp³-hybridized carbons (Fsp3) is 0.375. The smallest absolute Gasteiger partial charge is 0.106 e. The number of hydrogen-bond donors (Lipinski definition) is 1. The van der Waals surface area contributed by atoms with E-state index in [1.54, 1.807) is 0 Å². The zero-order valence-corrected chi connectivity index (χ0v) is 11.6. The van der Waals surface area contributed by atoms with Gasteiger partial charge in [-0.1, -0.05) is 30.3 Å². The van der Waals surface area contributed by atoms with E-state index < -0.39 is 0 Å². The van der Waals surface area contributed by atoms with Gasteiger partial charge < -0.3 is 9.73 Å². The van der Waals surface area contributed by atoms with Crippen molar-refractivity contribution in [3.05, 3.63) is 58.5 Å². The molecule has 1 atom stereocenters. The number of nitrogens with one attached hydrogen (secondary N) is 1. The zero-order chi connectivity index (χ0) is 13.1. The van der Waals surface area contributed by atoms with Crippen molar-refractivity contribution < 1.29 is 4.42 Å². The van der Waals surface area contributed by atoms with Crippen LogP contribution in [0.2, 0.25) is 0 Å². The summed E-state index contributed by atoms with van der Waals surface area (Å²) in [5, 5.41) is 3.40. The molecule has 1 aromatic heterocycles. The Morgan fingerprint density at radius 1 is 1.06 bits per heavy atom. The normalized spacial score (nSPS) is 12.7. The van der Waals surface area contributed by atoms with E-state index in [2.05, 4.69) is 42.6 Å². The first-order valence-corrected chi connectivity index (χ1v) is 6.41. The predicted molar refractivity (Wildman–Crippen MR) is 74.9 cm³/mol. The summed E-state index contributed by atoms with van der Waals surface area (Å²) in [6.45, 7) is 6.21. The molecule has 0 bridgehead atoms. The maximum atomic E-state index is 5.73. The van der Waals surface area contributed by atoms with E-state index in [9.17, 15) is 0 Å².